The average Bonchev–Trinajstić information content (AvgIpc) is 2.55. The number of hydrogen-bond donors (Lipinski definition) is 2. The molecule has 0 heterocycles. The minimum Gasteiger partial charge on any atom is -0.481 e. The van der Waals surface area contributed by atoms with E-state index in [4.69, 9.17) is 14.6 Å². The van der Waals surface area contributed by atoms with E-state index in [0.29, 0.717) is 19.3 Å². The molecule has 2 N–H and O–H groups in total. The molecule has 7 heteroatoms. The second kappa shape index (κ2) is 13.8. The molecule has 0 fully saturated rings. The molecule has 2 atom stereocenters. The normalized spacial score (nSPS) is 13.1. The number of carbonyl (C=O) groups excluding carboxylic acids is 2. The first-order chi connectivity index (χ1) is 11.4. The summed E-state index contributed by atoms with van der Waals surface area (Å²) in [6, 6.07) is 0. The largest absolute Gasteiger partial charge is 0.481 e. The predicted octanol–water partition coefficient (Wildman–Crippen LogP) is 2.30. The van der Waals surface area contributed by atoms with E-state index >= 15 is 0 Å². The van der Waals surface area contributed by atoms with E-state index in [-0.39, 0.29) is 31.3 Å². The van der Waals surface area contributed by atoms with Crippen molar-refractivity contribution in [3.05, 3.63) is 0 Å². The van der Waals surface area contributed by atoms with Crippen LogP contribution >= 0.6 is 0 Å². The maximum absolute atomic E-state index is 12.0. The SMILES string of the molecule is CCCCC(CC)C(=O)OCC(CO)OC(=O)CCCCC(=O)O. The van der Waals surface area contributed by atoms with E-state index in [1.165, 1.54) is 0 Å². The monoisotopic (exact) mass is 346 g/mol. The minimum atomic E-state index is -0.905. The van der Waals surface area contributed by atoms with E-state index in [1.54, 1.807) is 0 Å². The van der Waals surface area contributed by atoms with Gasteiger partial charge in [0.15, 0.2) is 6.10 Å². The first-order valence-electron chi connectivity index (χ1n) is 8.63. The van der Waals surface area contributed by atoms with Gasteiger partial charge in [-0.05, 0) is 25.7 Å². The van der Waals surface area contributed by atoms with Gasteiger partial charge < -0.3 is 19.7 Å². The Labute approximate surface area is 143 Å². The van der Waals surface area contributed by atoms with Crippen molar-refractivity contribution in [3.8, 4) is 0 Å². The fraction of sp³-hybridized carbons (Fsp3) is 0.824. The van der Waals surface area contributed by atoms with E-state index < -0.39 is 24.6 Å². The van der Waals surface area contributed by atoms with Crippen LogP contribution in [0, 0.1) is 5.92 Å². The third kappa shape index (κ3) is 11.0. The number of ether oxygens (including phenoxy) is 2. The van der Waals surface area contributed by atoms with Crippen LogP contribution in [0.25, 0.3) is 0 Å². The standard InChI is InChI=1S/C17H30O7/c1-3-5-8-13(4-2)17(22)23-12-14(11-18)24-16(21)10-7-6-9-15(19)20/h13-14,18H,3-12H2,1-2H3,(H,19,20). The number of aliphatic hydroxyl groups is 1. The van der Waals surface area contributed by atoms with Crippen molar-refractivity contribution in [3.63, 3.8) is 0 Å². The summed E-state index contributed by atoms with van der Waals surface area (Å²) in [5.74, 6) is -1.94. The van der Waals surface area contributed by atoms with E-state index in [1.807, 2.05) is 6.92 Å². The summed E-state index contributed by atoms with van der Waals surface area (Å²) < 4.78 is 10.2. The molecule has 0 radical (unpaired) electrons. The van der Waals surface area contributed by atoms with E-state index in [0.717, 1.165) is 19.3 Å². The van der Waals surface area contributed by atoms with Gasteiger partial charge >= 0.3 is 17.9 Å². The zero-order chi connectivity index (χ0) is 18.4. The summed E-state index contributed by atoms with van der Waals surface area (Å²) in [5, 5.41) is 17.7. The van der Waals surface area contributed by atoms with Crippen LogP contribution in [0.4, 0.5) is 0 Å². The maximum Gasteiger partial charge on any atom is 0.309 e. The molecular weight excluding hydrogens is 316 g/mol. The molecule has 0 spiro atoms. The van der Waals surface area contributed by atoms with Gasteiger partial charge in [-0.3, -0.25) is 14.4 Å². The highest BCUT2D eigenvalue weighted by molar-refractivity contribution is 5.72. The van der Waals surface area contributed by atoms with Crippen molar-refractivity contribution in [1.29, 1.82) is 0 Å². The van der Waals surface area contributed by atoms with Crippen molar-refractivity contribution in [2.24, 2.45) is 5.92 Å². The summed E-state index contributed by atoms with van der Waals surface area (Å²) in [6.07, 6.45) is 3.38. The van der Waals surface area contributed by atoms with Crippen molar-refractivity contribution in [2.75, 3.05) is 13.2 Å². The Bertz CT molecular complexity index is 381. The second-order valence-corrected chi connectivity index (χ2v) is 5.77. The molecule has 140 valence electrons. The van der Waals surface area contributed by atoms with Gasteiger partial charge in [0, 0.05) is 12.8 Å². The molecule has 0 aromatic heterocycles. The number of carboxylic acids is 1. The number of esters is 2. The van der Waals surface area contributed by atoms with Crippen LogP contribution in [0.2, 0.25) is 0 Å². The third-order valence-corrected chi connectivity index (χ3v) is 3.67. The first kappa shape index (κ1) is 22.4. The van der Waals surface area contributed by atoms with Crippen LogP contribution in [-0.2, 0) is 23.9 Å². The Morgan fingerprint density at radius 2 is 1.71 bits per heavy atom. The number of aliphatic hydroxyl groups excluding tert-OH is 1. The Morgan fingerprint density at radius 3 is 2.25 bits per heavy atom. The number of aliphatic carboxylic acids is 1. The molecule has 0 aromatic carbocycles. The second-order valence-electron chi connectivity index (χ2n) is 5.77. The number of carbonyl (C=O) groups is 3. The number of hydrogen-bond acceptors (Lipinski definition) is 6. The minimum absolute atomic E-state index is 0.00445. The molecule has 0 saturated heterocycles. The van der Waals surface area contributed by atoms with Crippen LogP contribution < -0.4 is 0 Å². The zero-order valence-corrected chi connectivity index (χ0v) is 14.7. The molecule has 24 heavy (non-hydrogen) atoms. The van der Waals surface area contributed by atoms with Gasteiger partial charge in [-0.15, -0.1) is 0 Å². The highest BCUT2D eigenvalue weighted by Crippen LogP contribution is 2.14. The smallest absolute Gasteiger partial charge is 0.309 e. The van der Waals surface area contributed by atoms with Crippen molar-refractivity contribution < 1.29 is 34.1 Å². The van der Waals surface area contributed by atoms with Crippen LogP contribution in [0.1, 0.15) is 65.2 Å². The molecule has 0 bridgehead atoms. The van der Waals surface area contributed by atoms with Gasteiger partial charge in [0.05, 0.1) is 12.5 Å². The topological polar surface area (TPSA) is 110 Å². The highest BCUT2D eigenvalue weighted by Gasteiger charge is 2.21. The predicted molar refractivity (Wildman–Crippen MR) is 87.3 cm³/mol. The molecule has 0 aromatic rings. The van der Waals surface area contributed by atoms with E-state index in [9.17, 15) is 19.5 Å². The fourth-order valence-corrected chi connectivity index (χ4v) is 2.15. The molecule has 0 aliphatic rings. The van der Waals surface area contributed by atoms with Crippen molar-refractivity contribution in [2.45, 2.75) is 71.3 Å². The number of rotatable bonds is 14. The summed E-state index contributed by atoms with van der Waals surface area (Å²) in [6.45, 7) is 3.37. The molecule has 7 nitrogen and oxygen atoms in total. The molecule has 0 aliphatic heterocycles. The lowest BCUT2D eigenvalue weighted by Crippen LogP contribution is -2.30. The van der Waals surface area contributed by atoms with Crippen molar-refractivity contribution >= 4 is 17.9 Å². The number of unbranched alkanes of at least 4 members (excludes halogenated alkanes) is 2. The molecule has 0 amide bonds. The van der Waals surface area contributed by atoms with Crippen LogP contribution in [0.15, 0.2) is 0 Å². The Balaban J connectivity index is 4.09. The third-order valence-electron chi connectivity index (χ3n) is 3.67. The summed E-state index contributed by atoms with van der Waals surface area (Å²) in [7, 11) is 0. The van der Waals surface area contributed by atoms with Gasteiger partial charge in [-0.25, -0.2) is 0 Å². The molecular formula is C17H30O7. The van der Waals surface area contributed by atoms with Crippen LogP contribution in [-0.4, -0.2) is 47.4 Å². The van der Waals surface area contributed by atoms with Gasteiger partial charge in [-0.2, -0.15) is 0 Å². The summed E-state index contributed by atoms with van der Waals surface area (Å²) in [5.41, 5.74) is 0. The molecule has 0 aliphatic carbocycles. The number of carboxylic acid groups (broad SMARTS) is 1. The Hall–Kier alpha value is -1.63. The van der Waals surface area contributed by atoms with E-state index in [2.05, 4.69) is 6.92 Å². The highest BCUT2D eigenvalue weighted by atomic mass is 16.6. The Morgan fingerprint density at radius 1 is 1.04 bits per heavy atom. The zero-order valence-electron chi connectivity index (χ0n) is 14.7. The quantitative estimate of drug-likeness (QED) is 0.367. The van der Waals surface area contributed by atoms with Crippen LogP contribution in [0.3, 0.4) is 0 Å². The van der Waals surface area contributed by atoms with Gasteiger partial charge in [0.25, 0.3) is 0 Å². The summed E-state index contributed by atoms with van der Waals surface area (Å²) >= 11 is 0. The van der Waals surface area contributed by atoms with Gasteiger partial charge in [0.2, 0.25) is 0 Å². The first-order valence-corrected chi connectivity index (χ1v) is 8.63. The fourth-order valence-electron chi connectivity index (χ4n) is 2.15. The maximum atomic E-state index is 12.0. The van der Waals surface area contributed by atoms with Crippen LogP contribution in [0.5, 0.6) is 0 Å². The molecule has 0 saturated carbocycles. The summed E-state index contributed by atoms with van der Waals surface area (Å²) in [4.78, 5) is 33.9. The lowest BCUT2D eigenvalue weighted by atomic mass is 10.00. The van der Waals surface area contributed by atoms with Crippen molar-refractivity contribution in [1.82, 2.24) is 0 Å². The molecule has 2 unspecified atom stereocenters. The van der Waals surface area contributed by atoms with Gasteiger partial charge in [0.1, 0.15) is 6.61 Å². The lowest BCUT2D eigenvalue weighted by molar-refractivity contribution is -0.163. The molecule has 0 rings (SSSR count). The van der Waals surface area contributed by atoms with Gasteiger partial charge in [-0.1, -0.05) is 26.7 Å². The lowest BCUT2D eigenvalue weighted by Gasteiger charge is -2.18. The Kier molecular flexibility index (Phi) is 12.8. The average molecular weight is 346 g/mol.